The molecular formula is C35H46. The predicted molar refractivity (Wildman–Crippen MR) is 158 cm³/mol. The van der Waals surface area contributed by atoms with Crippen molar-refractivity contribution in [3.05, 3.63) is 94.5 Å². The van der Waals surface area contributed by atoms with Gasteiger partial charge in [-0.25, -0.2) is 0 Å². The molecule has 0 unspecified atom stereocenters. The van der Waals surface area contributed by atoms with Gasteiger partial charge in [0.1, 0.15) is 0 Å². The Kier molecular flexibility index (Phi) is 8.81. The lowest BCUT2D eigenvalue weighted by molar-refractivity contribution is 0.755. The number of benzene rings is 4. The van der Waals surface area contributed by atoms with Crippen LogP contribution in [0.2, 0.25) is 0 Å². The van der Waals surface area contributed by atoms with Crippen LogP contribution in [-0.2, 0) is 0 Å². The molecular weight excluding hydrogens is 420 g/mol. The van der Waals surface area contributed by atoms with Crippen LogP contribution < -0.4 is 0 Å². The van der Waals surface area contributed by atoms with Crippen molar-refractivity contribution in [2.24, 2.45) is 0 Å². The summed E-state index contributed by atoms with van der Waals surface area (Å²) in [5, 5.41) is 5.60. The van der Waals surface area contributed by atoms with Gasteiger partial charge in [0.2, 0.25) is 0 Å². The van der Waals surface area contributed by atoms with Gasteiger partial charge in [0.25, 0.3) is 0 Å². The van der Waals surface area contributed by atoms with Gasteiger partial charge in [-0.05, 0) is 79.0 Å². The molecule has 0 aromatic heterocycles. The van der Waals surface area contributed by atoms with E-state index in [0.29, 0.717) is 29.6 Å². The molecule has 35 heavy (non-hydrogen) atoms. The summed E-state index contributed by atoms with van der Waals surface area (Å²) in [5.41, 5.74) is 7.67. The third-order valence-corrected chi connectivity index (χ3v) is 7.14. The topological polar surface area (TPSA) is 0 Å². The third kappa shape index (κ3) is 5.80. The molecule has 0 bridgehead atoms. The smallest absolute Gasteiger partial charge is 0.0146 e. The van der Waals surface area contributed by atoms with E-state index < -0.39 is 0 Å². The fourth-order valence-corrected chi connectivity index (χ4v) is 5.62. The first-order valence-electron chi connectivity index (χ1n) is 13.6. The van der Waals surface area contributed by atoms with Crippen LogP contribution in [0.5, 0.6) is 0 Å². The number of fused-ring (bicyclic) bond motifs is 2. The molecule has 4 rings (SSSR count). The zero-order valence-electron chi connectivity index (χ0n) is 23.7. The summed E-state index contributed by atoms with van der Waals surface area (Å²) in [6.45, 7) is 23.0. The summed E-state index contributed by atoms with van der Waals surface area (Å²) in [6.07, 6.45) is 0. The van der Waals surface area contributed by atoms with E-state index in [1.165, 1.54) is 38.2 Å². The molecule has 0 amide bonds. The first-order valence-corrected chi connectivity index (χ1v) is 13.6. The van der Waals surface area contributed by atoms with Crippen LogP contribution in [0, 0.1) is 0 Å². The molecule has 0 heterocycles. The van der Waals surface area contributed by atoms with Gasteiger partial charge in [-0.1, -0.05) is 136 Å². The molecule has 4 aromatic carbocycles. The molecule has 0 nitrogen and oxygen atoms in total. The molecule has 0 aliphatic carbocycles. The van der Waals surface area contributed by atoms with Crippen molar-refractivity contribution in [2.45, 2.75) is 98.8 Å². The van der Waals surface area contributed by atoms with Gasteiger partial charge in [0.05, 0.1) is 0 Å². The third-order valence-electron chi connectivity index (χ3n) is 7.14. The molecule has 0 N–H and O–H groups in total. The molecule has 0 atom stereocenters. The molecule has 0 saturated carbocycles. The van der Waals surface area contributed by atoms with Crippen LogP contribution >= 0.6 is 0 Å². The van der Waals surface area contributed by atoms with E-state index in [1.54, 1.807) is 11.1 Å². The second kappa shape index (κ2) is 11.4. The highest BCUT2D eigenvalue weighted by atomic mass is 14.2. The van der Waals surface area contributed by atoms with Gasteiger partial charge in [-0.2, -0.15) is 0 Å². The van der Waals surface area contributed by atoms with Gasteiger partial charge in [0, 0.05) is 0 Å². The average Bonchev–Trinajstić information content (AvgIpc) is 2.81. The van der Waals surface area contributed by atoms with Crippen molar-refractivity contribution in [1.82, 2.24) is 0 Å². The van der Waals surface area contributed by atoms with E-state index in [0.717, 1.165) is 0 Å². The molecule has 0 aliphatic heterocycles. The van der Waals surface area contributed by atoms with Crippen molar-refractivity contribution in [1.29, 1.82) is 0 Å². The van der Waals surface area contributed by atoms with Gasteiger partial charge >= 0.3 is 0 Å². The van der Waals surface area contributed by atoms with Gasteiger partial charge in [-0.15, -0.1) is 0 Å². The molecule has 0 fully saturated rings. The molecule has 186 valence electrons. The Morgan fingerprint density at radius 1 is 0.371 bits per heavy atom. The minimum atomic E-state index is 0.570. The van der Waals surface area contributed by atoms with E-state index >= 15 is 0 Å². The summed E-state index contributed by atoms with van der Waals surface area (Å²) in [5.74, 6) is 2.92. The van der Waals surface area contributed by atoms with E-state index in [2.05, 4.69) is 136 Å². The summed E-state index contributed by atoms with van der Waals surface area (Å²) in [6, 6.07) is 24.5. The fourth-order valence-electron chi connectivity index (χ4n) is 5.62. The highest BCUT2D eigenvalue weighted by molar-refractivity contribution is 5.89. The quantitative estimate of drug-likeness (QED) is 0.274. The minimum absolute atomic E-state index is 0.570. The first-order chi connectivity index (χ1) is 16.5. The van der Waals surface area contributed by atoms with E-state index in [-0.39, 0.29) is 0 Å². The Balaban J connectivity index is 0.000000198. The van der Waals surface area contributed by atoms with E-state index in [9.17, 15) is 0 Å². The van der Waals surface area contributed by atoms with Crippen molar-refractivity contribution >= 4 is 21.5 Å². The highest BCUT2D eigenvalue weighted by Crippen LogP contribution is 2.38. The monoisotopic (exact) mass is 466 g/mol. The molecule has 0 spiro atoms. The Morgan fingerprint density at radius 3 is 1.31 bits per heavy atom. The second-order valence-electron chi connectivity index (χ2n) is 11.6. The second-order valence-corrected chi connectivity index (χ2v) is 11.6. The fraction of sp³-hybridized carbons (Fsp3) is 0.429. The Hall–Kier alpha value is -2.60. The zero-order chi connectivity index (χ0) is 25.9. The Labute approximate surface area is 214 Å². The molecule has 0 heteroatoms. The SMILES string of the molecule is CC(C)c1cc2ccccc2c(C(C)C)c1C(C)C.CC(C)c1ccc2ccccc2c1C(C)C. The van der Waals surface area contributed by atoms with Crippen molar-refractivity contribution < 1.29 is 0 Å². The number of hydrogen-bond donors (Lipinski definition) is 0. The summed E-state index contributed by atoms with van der Waals surface area (Å²) in [7, 11) is 0. The van der Waals surface area contributed by atoms with Gasteiger partial charge in [-0.3, -0.25) is 0 Å². The molecule has 0 radical (unpaired) electrons. The molecule has 0 saturated heterocycles. The van der Waals surface area contributed by atoms with Crippen LogP contribution in [0.25, 0.3) is 21.5 Å². The van der Waals surface area contributed by atoms with Crippen LogP contribution in [0.1, 0.15) is 127 Å². The Bertz CT molecular complexity index is 1270. The first kappa shape index (κ1) is 27.0. The van der Waals surface area contributed by atoms with Crippen LogP contribution in [-0.4, -0.2) is 0 Å². The van der Waals surface area contributed by atoms with Gasteiger partial charge in [0.15, 0.2) is 0 Å². The maximum absolute atomic E-state index is 2.40. The zero-order valence-corrected chi connectivity index (χ0v) is 23.7. The minimum Gasteiger partial charge on any atom is -0.0616 e. The van der Waals surface area contributed by atoms with E-state index in [4.69, 9.17) is 0 Å². The van der Waals surface area contributed by atoms with Crippen molar-refractivity contribution in [3.8, 4) is 0 Å². The van der Waals surface area contributed by atoms with Crippen molar-refractivity contribution in [2.75, 3.05) is 0 Å². The van der Waals surface area contributed by atoms with Crippen LogP contribution in [0.15, 0.2) is 66.7 Å². The molecule has 0 aliphatic rings. The largest absolute Gasteiger partial charge is 0.0616 e. The lowest BCUT2D eigenvalue weighted by Gasteiger charge is -2.24. The molecule has 4 aromatic rings. The summed E-state index contributed by atoms with van der Waals surface area (Å²) >= 11 is 0. The lowest BCUT2D eigenvalue weighted by atomic mass is 9.80. The highest BCUT2D eigenvalue weighted by Gasteiger charge is 2.19. The normalized spacial score (nSPS) is 11.9. The standard InChI is InChI=1S/C19H26.C16H20/c1-12(2)17-11-15-9-7-8-10-16(15)18(13(3)4)19(17)14(5)6;1-11(2)14-10-9-13-7-5-6-8-15(13)16(14)12(3)4/h7-14H,1-6H3;5-12H,1-4H3. The summed E-state index contributed by atoms with van der Waals surface area (Å²) in [4.78, 5) is 0. The van der Waals surface area contributed by atoms with Crippen LogP contribution in [0.4, 0.5) is 0 Å². The lowest BCUT2D eigenvalue weighted by Crippen LogP contribution is -2.06. The number of hydrogen-bond acceptors (Lipinski definition) is 0. The predicted octanol–water partition coefficient (Wildman–Crippen LogP) is 11.3. The average molecular weight is 467 g/mol. The van der Waals surface area contributed by atoms with E-state index in [1.807, 2.05) is 0 Å². The maximum atomic E-state index is 2.40. The Morgan fingerprint density at radius 2 is 0.829 bits per heavy atom. The summed E-state index contributed by atoms with van der Waals surface area (Å²) < 4.78 is 0. The van der Waals surface area contributed by atoms with Crippen molar-refractivity contribution in [3.63, 3.8) is 0 Å². The maximum Gasteiger partial charge on any atom is -0.0146 e. The number of rotatable bonds is 5. The van der Waals surface area contributed by atoms with Gasteiger partial charge < -0.3 is 0 Å². The van der Waals surface area contributed by atoms with Crippen LogP contribution in [0.3, 0.4) is 0 Å².